The minimum absolute atomic E-state index is 0.0869. The first-order chi connectivity index (χ1) is 5.77. The molecule has 0 spiro atoms. The number of non-ortho nitro benzene ring substituents is 1. The third-order valence-electron chi connectivity index (χ3n) is 1.67. The minimum Gasteiger partial charge on any atom is -0.471 e. The lowest BCUT2D eigenvalue weighted by molar-refractivity contribution is -0.384. The summed E-state index contributed by atoms with van der Waals surface area (Å²) in [7, 11) is 0. The van der Waals surface area contributed by atoms with Gasteiger partial charge in [0.15, 0.2) is 0 Å². The molecule has 12 heavy (non-hydrogen) atoms. The maximum atomic E-state index is 10.3. The smallest absolute Gasteiger partial charge is 0.270 e. The monoisotopic (exact) mass is 163 g/mol. The highest BCUT2D eigenvalue weighted by molar-refractivity contribution is 5.83. The van der Waals surface area contributed by atoms with Gasteiger partial charge in [0, 0.05) is 22.9 Å². The van der Waals surface area contributed by atoms with E-state index in [9.17, 15) is 10.1 Å². The number of nitro groups is 1. The van der Waals surface area contributed by atoms with Crippen LogP contribution in [0.1, 0.15) is 0 Å². The number of rotatable bonds is 1. The number of furan rings is 1. The van der Waals surface area contributed by atoms with E-state index in [1.54, 1.807) is 12.3 Å². The molecule has 0 aliphatic carbocycles. The first-order valence-corrected chi connectivity index (χ1v) is 3.38. The van der Waals surface area contributed by atoms with Crippen LogP contribution in [0.5, 0.6) is 0 Å². The summed E-state index contributed by atoms with van der Waals surface area (Å²) in [6.07, 6.45) is 3.04. The summed E-state index contributed by atoms with van der Waals surface area (Å²) in [5.41, 5.74) is 0.0869. The van der Waals surface area contributed by atoms with Crippen molar-refractivity contribution in [2.24, 2.45) is 0 Å². The fraction of sp³-hybridized carbons (Fsp3) is 0. The molecule has 0 saturated carbocycles. The molecule has 0 saturated heterocycles. The normalized spacial score (nSPS) is 10.3. The second-order valence-electron chi connectivity index (χ2n) is 2.44. The summed E-state index contributed by atoms with van der Waals surface area (Å²) in [4.78, 5) is 9.92. The van der Waals surface area contributed by atoms with E-state index in [0.717, 1.165) is 10.8 Å². The zero-order chi connectivity index (χ0) is 8.55. The van der Waals surface area contributed by atoms with Crippen LogP contribution in [0.15, 0.2) is 35.1 Å². The van der Waals surface area contributed by atoms with Crippen molar-refractivity contribution in [2.45, 2.75) is 0 Å². The fourth-order valence-corrected chi connectivity index (χ4v) is 1.07. The number of fused-ring (bicyclic) bond motifs is 1. The van der Waals surface area contributed by atoms with Gasteiger partial charge in [-0.2, -0.15) is 0 Å². The fourth-order valence-electron chi connectivity index (χ4n) is 1.07. The number of hydrogen-bond donors (Lipinski definition) is 0. The average Bonchev–Trinajstić information content (AvgIpc) is 2.49. The first-order valence-electron chi connectivity index (χ1n) is 3.38. The largest absolute Gasteiger partial charge is 0.471 e. The summed E-state index contributed by atoms with van der Waals surface area (Å²) in [5.74, 6) is 0. The molecule has 0 bridgehead atoms. The zero-order valence-electron chi connectivity index (χ0n) is 6.06. The topological polar surface area (TPSA) is 56.3 Å². The molecule has 4 nitrogen and oxygen atoms in total. The lowest BCUT2D eigenvalue weighted by Crippen LogP contribution is -1.85. The van der Waals surface area contributed by atoms with E-state index >= 15 is 0 Å². The second-order valence-corrected chi connectivity index (χ2v) is 2.44. The van der Waals surface area contributed by atoms with Gasteiger partial charge >= 0.3 is 0 Å². The molecule has 0 fully saturated rings. The van der Waals surface area contributed by atoms with Crippen molar-refractivity contribution in [2.75, 3.05) is 0 Å². The van der Waals surface area contributed by atoms with Crippen molar-refractivity contribution in [3.8, 4) is 0 Å². The highest BCUT2D eigenvalue weighted by atomic mass is 16.6. The van der Waals surface area contributed by atoms with Crippen LogP contribution >= 0.6 is 0 Å². The molecular formula is C8H5NO3. The van der Waals surface area contributed by atoms with E-state index in [-0.39, 0.29) is 5.69 Å². The van der Waals surface area contributed by atoms with Gasteiger partial charge in [-0.1, -0.05) is 0 Å². The molecule has 2 rings (SSSR count). The van der Waals surface area contributed by atoms with Crippen molar-refractivity contribution in [3.05, 3.63) is 40.8 Å². The van der Waals surface area contributed by atoms with Crippen molar-refractivity contribution in [1.82, 2.24) is 0 Å². The predicted molar refractivity (Wildman–Crippen MR) is 42.9 cm³/mol. The molecule has 4 heteroatoms. The quantitative estimate of drug-likeness (QED) is 0.478. The van der Waals surface area contributed by atoms with Crippen LogP contribution in [0.2, 0.25) is 0 Å². The molecule has 1 aromatic carbocycles. The molecule has 1 heterocycles. The Bertz CT molecular complexity index is 433. The van der Waals surface area contributed by atoms with E-state index in [0.29, 0.717) is 0 Å². The molecule has 1 aromatic heterocycles. The summed E-state index contributed by atoms with van der Waals surface area (Å²) < 4.78 is 4.88. The van der Waals surface area contributed by atoms with Crippen molar-refractivity contribution < 1.29 is 9.34 Å². The van der Waals surface area contributed by atoms with Crippen molar-refractivity contribution in [3.63, 3.8) is 0 Å². The van der Waals surface area contributed by atoms with Gasteiger partial charge in [0.2, 0.25) is 0 Å². The Hall–Kier alpha value is -1.84. The van der Waals surface area contributed by atoms with Gasteiger partial charge in [0.05, 0.1) is 17.4 Å². The van der Waals surface area contributed by atoms with Gasteiger partial charge in [0.25, 0.3) is 5.69 Å². The van der Waals surface area contributed by atoms with Crippen LogP contribution in [-0.4, -0.2) is 4.92 Å². The van der Waals surface area contributed by atoms with Gasteiger partial charge in [-0.15, -0.1) is 0 Å². The molecular weight excluding hydrogens is 158 g/mol. The zero-order valence-corrected chi connectivity index (χ0v) is 6.06. The summed E-state index contributed by atoms with van der Waals surface area (Å²) in [6, 6.07) is 4.60. The molecule has 0 aliphatic heterocycles. The maximum Gasteiger partial charge on any atom is 0.270 e. The van der Waals surface area contributed by atoms with Crippen LogP contribution in [-0.2, 0) is 0 Å². The Morgan fingerprint density at radius 3 is 2.75 bits per heavy atom. The Morgan fingerprint density at radius 1 is 1.25 bits per heavy atom. The molecule has 2 aromatic rings. The van der Waals surface area contributed by atoms with Gasteiger partial charge in [-0.3, -0.25) is 10.1 Å². The van der Waals surface area contributed by atoms with E-state index in [1.165, 1.54) is 18.4 Å². The SMILES string of the molecule is O=[N+]([O-])c1ccc2cocc2c1. The van der Waals surface area contributed by atoms with Crippen LogP contribution < -0.4 is 0 Å². The van der Waals surface area contributed by atoms with Gasteiger partial charge in [0.1, 0.15) is 0 Å². The van der Waals surface area contributed by atoms with Crippen LogP contribution in [0.3, 0.4) is 0 Å². The van der Waals surface area contributed by atoms with Crippen LogP contribution in [0.4, 0.5) is 5.69 Å². The third-order valence-corrected chi connectivity index (χ3v) is 1.67. The predicted octanol–water partition coefficient (Wildman–Crippen LogP) is 2.34. The Morgan fingerprint density at radius 2 is 2.00 bits per heavy atom. The van der Waals surface area contributed by atoms with Crippen molar-refractivity contribution >= 4 is 16.5 Å². The number of hydrogen-bond acceptors (Lipinski definition) is 3. The summed E-state index contributed by atoms with van der Waals surface area (Å²) in [5, 5.41) is 12.0. The molecule has 0 N–H and O–H groups in total. The highest BCUT2D eigenvalue weighted by Crippen LogP contribution is 2.20. The molecule has 0 radical (unpaired) electrons. The highest BCUT2D eigenvalue weighted by Gasteiger charge is 2.05. The molecule has 0 aliphatic rings. The average molecular weight is 163 g/mol. The van der Waals surface area contributed by atoms with Gasteiger partial charge in [-0.25, -0.2) is 0 Å². The van der Waals surface area contributed by atoms with E-state index in [2.05, 4.69) is 0 Å². The van der Waals surface area contributed by atoms with Crippen molar-refractivity contribution in [1.29, 1.82) is 0 Å². The Kier molecular flexibility index (Phi) is 1.33. The molecule has 60 valence electrons. The van der Waals surface area contributed by atoms with E-state index < -0.39 is 4.92 Å². The molecule has 0 amide bonds. The van der Waals surface area contributed by atoms with Crippen LogP contribution in [0, 0.1) is 10.1 Å². The summed E-state index contributed by atoms with van der Waals surface area (Å²) in [6.45, 7) is 0. The van der Waals surface area contributed by atoms with Gasteiger partial charge < -0.3 is 4.42 Å². The number of nitrogens with zero attached hydrogens (tertiary/aromatic N) is 1. The first kappa shape index (κ1) is 6.84. The van der Waals surface area contributed by atoms with E-state index in [4.69, 9.17) is 4.42 Å². The van der Waals surface area contributed by atoms with Crippen LogP contribution in [0.25, 0.3) is 10.8 Å². The lowest BCUT2D eigenvalue weighted by atomic mass is 10.2. The number of nitro benzene ring substituents is 1. The molecule has 0 atom stereocenters. The maximum absolute atomic E-state index is 10.3. The minimum atomic E-state index is -0.424. The standard InChI is InChI=1S/C8H5NO3/c10-9(11)8-2-1-6-4-12-5-7(6)3-8/h1-5H. The summed E-state index contributed by atoms with van der Waals surface area (Å²) >= 11 is 0. The Balaban J connectivity index is 2.68. The van der Waals surface area contributed by atoms with E-state index in [1.807, 2.05) is 0 Å². The number of benzene rings is 1. The Labute approximate surface area is 67.6 Å². The van der Waals surface area contributed by atoms with Gasteiger partial charge in [-0.05, 0) is 6.07 Å². The second kappa shape index (κ2) is 2.34. The lowest BCUT2D eigenvalue weighted by Gasteiger charge is -1.89. The molecule has 0 unspecified atom stereocenters. The third kappa shape index (κ3) is 0.934.